The van der Waals surface area contributed by atoms with Crippen LogP contribution in [0.5, 0.6) is 5.75 Å². The first-order valence-corrected chi connectivity index (χ1v) is 8.24. The normalized spacial score (nSPS) is 22.2. The molecule has 0 atom stereocenters. The highest BCUT2D eigenvalue weighted by molar-refractivity contribution is 7.89. The lowest BCUT2D eigenvalue weighted by molar-refractivity contribution is 0.0453. The Morgan fingerprint density at radius 3 is 2.70 bits per heavy atom. The van der Waals surface area contributed by atoms with Crippen molar-refractivity contribution in [1.29, 1.82) is 0 Å². The van der Waals surface area contributed by atoms with Crippen LogP contribution in [0.1, 0.15) is 12.8 Å². The number of rotatable bonds is 7. The number of nitrogen functional groups attached to an aromatic ring is 1. The van der Waals surface area contributed by atoms with E-state index in [-0.39, 0.29) is 24.4 Å². The number of aliphatic hydroxyl groups is 1. The zero-order valence-electron chi connectivity index (χ0n) is 11.2. The summed E-state index contributed by atoms with van der Waals surface area (Å²) in [6.07, 6.45) is 1.06. The third kappa shape index (κ3) is 4.36. The highest BCUT2D eigenvalue weighted by Crippen LogP contribution is 2.26. The van der Waals surface area contributed by atoms with E-state index < -0.39 is 10.0 Å². The van der Waals surface area contributed by atoms with E-state index in [4.69, 9.17) is 15.6 Å². The molecule has 0 aliphatic heterocycles. The zero-order valence-corrected chi connectivity index (χ0v) is 12.0. The highest BCUT2D eigenvalue weighted by atomic mass is 32.2. The lowest BCUT2D eigenvalue weighted by Crippen LogP contribution is -2.39. The zero-order chi connectivity index (χ0) is 14.6. The van der Waals surface area contributed by atoms with Crippen molar-refractivity contribution in [3.05, 3.63) is 24.3 Å². The second-order valence-electron chi connectivity index (χ2n) is 5.04. The number of ether oxygens (including phenoxy) is 1. The Morgan fingerprint density at radius 2 is 2.05 bits per heavy atom. The van der Waals surface area contributed by atoms with Gasteiger partial charge in [-0.3, -0.25) is 0 Å². The first-order valence-electron chi connectivity index (χ1n) is 6.59. The molecule has 1 aromatic rings. The molecule has 1 aliphatic rings. The Kier molecular flexibility index (Phi) is 4.85. The molecule has 0 saturated heterocycles. The standard InChI is InChI=1S/C13H20N2O4S/c14-12-3-1-2-4-13(12)19-5-6-20(17,18)15-9-10-7-11(16)8-10/h1-4,10-11,15-16H,5-9,14H2. The fourth-order valence-corrected chi connectivity index (χ4v) is 2.99. The number of benzene rings is 1. The molecule has 1 saturated carbocycles. The summed E-state index contributed by atoms with van der Waals surface area (Å²) >= 11 is 0. The fourth-order valence-electron chi connectivity index (χ4n) is 2.06. The van der Waals surface area contributed by atoms with E-state index in [2.05, 4.69) is 4.72 Å². The SMILES string of the molecule is Nc1ccccc1OCCS(=O)(=O)NCC1CC(O)C1. The van der Waals surface area contributed by atoms with Gasteiger partial charge in [-0.25, -0.2) is 13.1 Å². The molecule has 0 bridgehead atoms. The summed E-state index contributed by atoms with van der Waals surface area (Å²) < 4.78 is 31.4. The van der Waals surface area contributed by atoms with E-state index >= 15 is 0 Å². The van der Waals surface area contributed by atoms with Gasteiger partial charge in [-0.2, -0.15) is 0 Å². The summed E-state index contributed by atoms with van der Waals surface area (Å²) in [5.41, 5.74) is 6.18. The maximum Gasteiger partial charge on any atom is 0.214 e. The molecule has 20 heavy (non-hydrogen) atoms. The number of sulfonamides is 1. The van der Waals surface area contributed by atoms with Gasteiger partial charge in [0.2, 0.25) is 10.0 Å². The van der Waals surface area contributed by atoms with Gasteiger partial charge in [-0.05, 0) is 30.9 Å². The van der Waals surface area contributed by atoms with E-state index in [1.54, 1.807) is 24.3 Å². The molecule has 0 amide bonds. The number of hydrogen-bond acceptors (Lipinski definition) is 5. The molecule has 0 unspecified atom stereocenters. The van der Waals surface area contributed by atoms with Gasteiger partial charge in [0.1, 0.15) is 12.4 Å². The Labute approximate surface area is 119 Å². The van der Waals surface area contributed by atoms with Crippen molar-refractivity contribution in [1.82, 2.24) is 4.72 Å². The van der Waals surface area contributed by atoms with E-state index in [0.717, 1.165) is 0 Å². The largest absolute Gasteiger partial charge is 0.490 e. The Bertz CT molecular complexity index is 541. The minimum atomic E-state index is -3.35. The molecule has 0 radical (unpaired) electrons. The number of hydrogen-bond donors (Lipinski definition) is 3. The lowest BCUT2D eigenvalue weighted by atomic mass is 9.83. The molecule has 112 valence electrons. The van der Waals surface area contributed by atoms with Crippen LogP contribution in [0.25, 0.3) is 0 Å². The van der Waals surface area contributed by atoms with Crippen molar-refractivity contribution in [3.8, 4) is 5.75 Å². The van der Waals surface area contributed by atoms with Crippen LogP contribution >= 0.6 is 0 Å². The number of anilines is 1. The molecule has 0 aromatic heterocycles. The second kappa shape index (κ2) is 6.43. The lowest BCUT2D eigenvalue weighted by Gasteiger charge is -2.31. The second-order valence-corrected chi connectivity index (χ2v) is 6.97. The Balaban J connectivity index is 1.71. The molecule has 0 heterocycles. The number of nitrogens with two attached hydrogens (primary N) is 1. The van der Waals surface area contributed by atoms with Crippen LogP contribution in [-0.4, -0.2) is 38.5 Å². The summed E-state index contributed by atoms with van der Waals surface area (Å²) in [7, 11) is -3.35. The highest BCUT2D eigenvalue weighted by Gasteiger charge is 2.28. The molecule has 4 N–H and O–H groups in total. The van der Waals surface area contributed by atoms with Crippen LogP contribution in [0.2, 0.25) is 0 Å². The quantitative estimate of drug-likeness (QED) is 0.630. The van der Waals surface area contributed by atoms with Gasteiger partial charge in [-0.1, -0.05) is 12.1 Å². The molecule has 6 nitrogen and oxygen atoms in total. The number of nitrogens with one attached hydrogen (secondary N) is 1. The fraction of sp³-hybridized carbons (Fsp3) is 0.538. The van der Waals surface area contributed by atoms with Crippen LogP contribution in [0, 0.1) is 5.92 Å². The van der Waals surface area contributed by atoms with E-state index in [0.29, 0.717) is 30.8 Å². The van der Waals surface area contributed by atoms with Crippen LogP contribution in [0.3, 0.4) is 0 Å². The minimum Gasteiger partial charge on any atom is -0.490 e. The van der Waals surface area contributed by atoms with Crippen molar-refractivity contribution in [3.63, 3.8) is 0 Å². The average molecular weight is 300 g/mol. The van der Waals surface area contributed by atoms with Crippen molar-refractivity contribution in [2.24, 2.45) is 5.92 Å². The van der Waals surface area contributed by atoms with Gasteiger partial charge >= 0.3 is 0 Å². The third-order valence-electron chi connectivity index (χ3n) is 3.33. The molecule has 7 heteroatoms. The van der Waals surface area contributed by atoms with Gasteiger partial charge in [0.15, 0.2) is 0 Å². The first-order chi connectivity index (χ1) is 9.46. The Hall–Kier alpha value is -1.31. The number of aliphatic hydroxyl groups excluding tert-OH is 1. The Morgan fingerprint density at radius 1 is 1.35 bits per heavy atom. The van der Waals surface area contributed by atoms with Gasteiger partial charge in [0.25, 0.3) is 0 Å². The van der Waals surface area contributed by atoms with Gasteiger partial charge < -0.3 is 15.6 Å². The van der Waals surface area contributed by atoms with Crippen molar-refractivity contribution in [2.45, 2.75) is 18.9 Å². The smallest absolute Gasteiger partial charge is 0.214 e. The maximum atomic E-state index is 11.7. The minimum absolute atomic E-state index is 0.0524. The predicted molar refractivity (Wildman–Crippen MR) is 76.9 cm³/mol. The van der Waals surface area contributed by atoms with E-state index in [1.165, 1.54) is 0 Å². The monoisotopic (exact) mass is 300 g/mol. The van der Waals surface area contributed by atoms with Crippen LogP contribution in [-0.2, 0) is 10.0 Å². The van der Waals surface area contributed by atoms with E-state index in [9.17, 15) is 8.42 Å². The van der Waals surface area contributed by atoms with E-state index in [1.807, 2.05) is 0 Å². The first kappa shape index (κ1) is 15.1. The summed E-state index contributed by atoms with van der Waals surface area (Å²) in [4.78, 5) is 0. The molecular weight excluding hydrogens is 280 g/mol. The molecule has 1 fully saturated rings. The molecule has 1 aliphatic carbocycles. The van der Waals surface area contributed by atoms with Crippen LogP contribution in [0.15, 0.2) is 24.3 Å². The average Bonchev–Trinajstić information content (AvgIpc) is 2.35. The molecule has 2 rings (SSSR count). The van der Waals surface area contributed by atoms with Crippen molar-refractivity contribution < 1.29 is 18.3 Å². The summed E-state index contributed by atoms with van der Waals surface area (Å²) in [6.45, 7) is 0.434. The van der Waals surface area contributed by atoms with Gasteiger partial charge in [0.05, 0.1) is 17.5 Å². The molecule has 1 aromatic carbocycles. The van der Waals surface area contributed by atoms with Crippen molar-refractivity contribution in [2.75, 3.05) is 24.6 Å². The summed E-state index contributed by atoms with van der Waals surface area (Å²) in [5.74, 6) is 0.617. The van der Waals surface area contributed by atoms with Gasteiger partial charge in [0, 0.05) is 6.54 Å². The third-order valence-corrected chi connectivity index (χ3v) is 4.64. The van der Waals surface area contributed by atoms with Gasteiger partial charge in [-0.15, -0.1) is 0 Å². The molecular formula is C13H20N2O4S. The topological polar surface area (TPSA) is 102 Å². The maximum absolute atomic E-state index is 11.7. The number of para-hydroxylation sites is 2. The van der Waals surface area contributed by atoms with Crippen LogP contribution < -0.4 is 15.2 Å². The molecule has 0 spiro atoms. The van der Waals surface area contributed by atoms with Crippen LogP contribution in [0.4, 0.5) is 5.69 Å². The summed E-state index contributed by atoms with van der Waals surface area (Å²) in [6, 6.07) is 6.96. The summed E-state index contributed by atoms with van der Waals surface area (Å²) in [5, 5.41) is 9.13. The predicted octanol–water partition coefficient (Wildman–Crippen LogP) is 0.338. The van der Waals surface area contributed by atoms with Crippen molar-refractivity contribution >= 4 is 15.7 Å².